The molecule has 0 saturated heterocycles. The zero-order chi connectivity index (χ0) is 20.5. The molecule has 28 heavy (non-hydrogen) atoms. The van der Waals surface area contributed by atoms with Crippen molar-refractivity contribution >= 4 is 15.9 Å². The Morgan fingerprint density at radius 1 is 1.11 bits per heavy atom. The van der Waals surface area contributed by atoms with Crippen LogP contribution in [0.5, 0.6) is 0 Å². The third-order valence-electron chi connectivity index (χ3n) is 4.53. The van der Waals surface area contributed by atoms with E-state index in [-0.39, 0.29) is 21.9 Å². The molecular formula is C21H23FN2O3S. The van der Waals surface area contributed by atoms with Gasteiger partial charge in [0.2, 0.25) is 5.88 Å². The van der Waals surface area contributed by atoms with E-state index in [2.05, 4.69) is 23.7 Å². The van der Waals surface area contributed by atoms with E-state index in [4.69, 9.17) is 4.52 Å². The minimum Gasteiger partial charge on any atom is -0.337 e. The molecule has 0 fully saturated rings. The average Bonchev–Trinajstić information content (AvgIpc) is 2.93. The Labute approximate surface area is 164 Å². The Morgan fingerprint density at radius 3 is 2.43 bits per heavy atom. The second kappa shape index (κ2) is 7.75. The first-order chi connectivity index (χ1) is 13.2. The van der Waals surface area contributed by atoms with Crippen LogP contribution >= 0.6 is 0 Å². The lowest BCUT2D eigenvalue weighted by Crippen LogP contribution is -2.14. The van der Waals surface area contributed by atoms with E-state index >= 15 is 0 Å². The first kappa shape index (κ1) is 20.1. The predicted molar refractivity (Wildman–Crippen MR) is 107 cm³/mol. The number of aryl methyl sites for hydroxylation is 1. The molecule has 0 aliphatic carbocycles. The van der Waals surface area contributed by atoms with Crippen molar-refractivity contribution in [1.82, 2.24) is 5.16 Å². The number of nitrogens with one attached hydrogen (secondary N) is 1. The van der Waals surface area contributed by atoms with Crippen LogP contribution in [0.4, 0.5) is 10.3 Å². The van der Waals surface area contributed by atoms with Crippen LogP contribution in [0.15, 0.2) is 51.9 Å². The molecule has 3 rings (SSSR count). The highest BCUT2D eigenvalue weighted by atomic mass is 32.2. The maximum absolute atomic E-state index is 14.8. The van der Waals surface area contributed by atoms with Gasteiger partial charge >= 0.3 is 0 Å². The molecule has 3 aromatic rings. The molecule has 0 bridgehead atoms. The molecule has 0 unspecified atom stereocenters. The van der Waals surface area contributed by atoms with Crippen molar-refractivity contribution in [1.29, 1.82) is 0 Å². The maximum Gasteiger partial charge on any atom is 0.264 e. The molecule has 0 aliphatic heterocycles. The molecule has 0 amide bonds. The highest BCUT2D eigenvalue weighted by Crippen LogP contribution is 2.32. The van der Waals surface area contributed by atoms with Crippen LogP contribution in [0.3, 0.4) is 0 Å². The summed E-state index contributed by atoms with van der Waals surface area (Å²) in [6.45, 7) is 7.56. The molecule has 0 spiro atoms. The van der Waals surface area contributed by atoms with E-state index in [0.717, 1.165) is 12.0 Å². The van der Waals surface area contributed by atoms with Crippen LogP contribution in [-0.2, 0) is 16.4 Å². The van der Waals surface area contributed by atoms with Crippen LogP contribution in [0.25, 0.3) is 11.1 Å². The van der Waals surface area contributed by atoms with Crippen molar-refractivity contribution in [2.24, 2.45) is 5.92 Å². The van der Waals surface area contributed by atoms with Crippen LogP contribution in [0, 0.1) is 25.6 Å². The number of halogens is 1. The fourth-order valence-electron chi connectivity index (χ4n) is 2.99. The second-order valence-corrected chi connectivity index (χ2v) is 8.89. The average molecular weight is 402 g/mol. The SMILES string of the molecule is Cc1noc(NS(=O)(=O)c2ccccc2-c2ccc(CC(C)C)cc2F)c1C. The molecule has 0 radical (unpaired) electrons. The van der Waals surface area contributed by atoms with Crippen molar-refractivity contribution in [3.8, 4) is 11.1 Å². The molecule has 5 nitrogen and oxygen atoms in total. The summed E-state index contributed by atoms with van der Waals surface area (Å²) in [7, 11) is -4.00. The smallest absolute Gasteiger partial charge is 0.264 e. The lowest BCUT2D eigenvalue weighted by Gasteiger charge is -2.13. The van der Waals surface area contributed by atoms with Gasteiger partial charge in [-0.2, -0.15) is 0 Å². The lowest BCUT2D eigenvalue weighted by molar-refractivity contribution is 0.430. The van der Waals surface area contributed by atoms with Crippen LogP contribution in [-0.4, -0.2) is 13.6 Å². The number of nitrogens with zero attached hydrogens (tertiary/aromatic N) is 1. The molecule has 0 saturated carbocycles. The van der Waals surface area contributed by atoms with E-state index in [1.165, 1.54) is 12.1 Å². The standard InChI is InChI=1S/C21H23FN2O3S/c1-13(2)11-16-9-10-17(19(22)12-16)18-7-5-6-8-20(18)28(25,26)24-21-14(3)15(4)23-27-21/h5-10,12-13,24H,11H2,1-4H3. The molecule has 0 aliphatic rings. The quantitative estimate of drug-likeness (QED) is 0.623. The highest BCUT2D eigenvalue weighted by molar-refractivity contribution is 7.92. The van der Waals surface area contributed by atoms with E-state index < -0.39 is 15.8 Å². The first-order valence-corrected chi connectivity index (χ1v) is 10.5. The largest absolute Gasteiger partial charge is 0.337 e. The molecule has 1 heterocycles. The van der Waals surface area contributed by atoms with E-state index in [9.17, 15) is 12.8 Å². The van der Waals surface area contributed by atoms with Crippen LogP contribution in [0.1, 0.15) is 30.7 Å². The van der Waals surface area contributed by atoms with Gasteiger partial charge in [-0.25, -0.2) is 17.5 Å². The van der Waals surface area contributed by atoms with E-state index in [1.807, 2.05) is 6.07 Å². The summed E-state index contributed by atoms with van der Waals surface area (Å²) in [5, 5.41) is 3.76. The van der Waals surface area contributed by atoms with Gasteiger partial charge in [-0.3, -0.25) is 0 Å². The molecule has 2 aromatic carbocycles. The minimum atomic E-state index is -4.00. The zero-order valence-corrected chi connectivity index (χ0v) is 17.1. The molecular weight excluding hydrogens is 379 g/mol. The number of hydrogen-bond acceptors (Lipinski definition) is 4. The second-order valence-electron chi connectivity index (χ2n) is 7.24. The number of benzene rings is 2. The summed E-state index contributed by atoms with van der Waals surface area (Å²) in [5.41, 5.74) is 2.60. The summed E-state index contributed by atoms with van der Waals surface area (Å²) >= 11 is 0. The summed E-state index contributed by atoms with van der Waals surface area (Å²) in [6, 6.07) is 11.2. The number of anilines is 1. The minimum absolute atomic E-state index is 0.0287. The topological polar surface area (TPSA) is 72.2 Å². The van der Waals surface area contributed by atoms with Gasteiger partial charge in [-0.1, -0.05) is 49.3 Å². The van der Waals surface area contributed by atoms with Crippen molar-refractivity contribution < 1.29 is 17.3 Å². The Balaban J connectivity index is 2.03. The predicted octanol–water partition coefficient (Wildman–Crippen LogP) is 5.10. The van der Waals surface area contributed by atoms with Crippen molar-refractivity contribution in [2.45, 2.75) is 39.0 Å². The van der Waals surface area contributed by atoms with E-state index in [1.54, 1.807) is 38.1 Å². The Morgan fingerprint density at radius 2 is 1.82 bits per heavy atom. The highest BCUT2D eigenvalue weighted by Gasteiger charge is 2.23. The maximum atomic E-state index is 14.8. The van der Waals surface area contributed by atoms with Crippen molar-refractivity contribution in [3.63, 3.8) is 0 Å². The number of hydrogen-bond donors (Lipinski definition) is 1. The first-order valence-electron chi connectivity index (χ1n) is 9.02. The Bertz CT molecular complexity index is 1100. The van der Waals surface area contributed by atoms with Crippen LogP contribution < -0.4 is 4.72 Å². The van der Waals surface area contributed by atoms with Gasteiger partial charge in [-0.15, -0.1) is 0 Å². The third kappa shape index (κ3) is 4.09. The monoisotopic (exact) mass is 402 g/mol. The fourth-order valence-corrected chi connectivity index (χ4v) is 4.26. The van der Waals surface area contributed by atoms with E-state index in [0.29, 0.717) is 17.2 Å². The van der Waals surface area contributed by atoms with Gasteiger partial charge in [0.05, 0.1) is 10.6 Å². The number of rotatable bonds is 6. The molecule has 7 heteroatoms. The summed E-state index contributed by atoms with van der Waals surface area (Å²) in [4.78, 5) is -0.0287. The van der Waals surface area contributed by atoms with Gasteiger partial charge in [0.15, 0.2) is 0 Å². The summed E-state index contributed by atoms with van der Waals surface area (Å²) in [5.74, 6) is 0.00302. The van der Waals surface area contributed by atoms with Crippen LogP contribution in [0.2, 0.25) is 0 Å². The Kier molecular flexibility index (Phi) is 5.56. The summed E-state index contributed by atoms with van der Waals surface area (Å²) < 4.78 is 48.2. The number of aromatic nitrogens is 1. The normalized spacial score (nSPS) is 11.8. The molecule has 148 valence electrons. The van der Waals surface area contributed by atoms with Gasteiger partial charge in [-0.05, 0) is 43.9 Å². The molecule has 1 N–H and O–H groups in total. The molecule has 1 aromatic heterocycles. The van der Waals surface area contributed by atoms with Gasteiger partial charge in [0.25, 0.3) is 10.0 Å². The Hall–Kier alpha value is -2.67. The zero-order valence-electron chi connectivity index (χ0n) is 16.3. The van der Waals surface area contributed by atoms with Gasteiger partial charge < -0.3 is 4.52 Å². The lowest BCUT2D eigenvalue weighted by atomic mass is 9.98. The summed E-state index contributed by atoms with van der Waals surface area (Å²) in [6.07, 6.45) is 0.753. The number of sulfonamides is 1. The van der Waals surface area contributed by atoms with Gasteiger partial charge in [0.1, 0.15) is 5.82 Å². The molecule has 0 atom stereocenters. The third-order valence-corrected chi connectivity index (χ3v) is 5.92. The van der Waals surface area contributed by atoms with Crippen molar-refractivity contribution in [3.05, 3.63) is 65.1 Å². The fraction of sp³-hybridized carbons (Fsp3) is 0.286. The van der Waals surface area contributed by atoms with Gasteiger partial charge in [0, 0.05) is 16.7 Å². The van der Waals surface area contributed by atoms with Crippen molar-refractivity contribution in [2.75, 3.05) is 4.72 Å².